The van der Waals surface area contributed by atoms with Crippen LogP contribution in [0.2, 0.25) is 0 Å². The van der Waals surface area contributed by atoms with Crippen LogP contribution >= 0.6 is 27.3 Å². The quantitative estimate of drug-likeness (QED) is 0.632. The number of carbonyl (C=O) groups is 3. The first-order chi connectivity index (χ1) is 9.58. The molecule has 1 aromatic heterocycles. The number of Topliss-reactive ketones (excluding diaryl/α,β-unsaturated/α-hetero) is 1. The number of hydrogen-bond donors (Lipinski definition) is 0. The first kappa shape index (κ1) is 13.2. The van der Waals surface area contributed by atoms with E-state index in [9.17, 15) is 14.4 Å². The molecule has 0 fully saturated rings. The van der Waals surface area contributed by atoms with Gasteiger partial charge in [-0.25, -0.2) is 0 Å². The van der Waals surface area contributed by atoms with Crippen molar-refractivity contribution in [2.24, 2.45) is 0 Å². The van der Waals surface area contributed by atoms with Crippen molar-refractivity contribution in [1.29, 1.82) is 0 Å². The van der Waals surface area contributed by atoms with Crippen molar-refractivity contribution in [3.63, 3.8) is 0 Å². The minimum absolute atomic E-state index is 0.223. The number of halogens is 1. The van der Waals surface area contributed by atoms with E-state index in [1.54, 1.807) is 36.4 Å². The van der Waals surface area contributed by atoms with Gasteiger partial charge in [-0.2, -0.15) is 0 Å². The monoisotopic (exact) mass is 349 g/mol. The summed E-state index contributed by atoms with van der Waals surface area (Å²) in [6.45, 7) is -0.223. The lowest BCUT2D eigenvalue weighted by molar-refractivity contribution is 0.0625. The van der Waals surface area contributed by atoms with Crippen molar-refractivity contribution < 1.29 is 14.4 Å². The van der Waals surface area contributed by atoms with E-state index in [0.717, 1.165) is 8.69 Å². The van der Waals surface area contributed by atoms with Crippen molar-refractivity contribution in [3.05, 3.63) is 56.2 Å². The SMILES string of the molecule is O=C(CN1C(=O)c2ccccc2C1=O)c1ccc(Br)s1. The first-order valence-electron chi connectivity index (χ1n) is 5.81. The summed E-state index contributed by atoms with van der Waals surface area (Å²) < 4.78 is 0.836. The van der Waals surface area contributed by atoms with E-state index in [4.69, 9.17) is 0 Å². The average Bonchev–Trinajstić information content (AvgIpc) is 2.98. The summed E-state index contributed by atoms with van der Waals surface area (Å²) in [6, 6.07) is 10.0. The fourth-order valence-corrected chi connectivity index (χ4v) is 3.38. The molecule has 1 aliphatic heterocycles. The van der Waals surface area contributed by atoms with Crippen LogP contribution in [0, 0.1) is 0 Å². The van der Waals surface area contributed by atoms with Crippen molar-refractivity contribution in [1.82, 2.24) is 4.90 Å². The summed E-state index contributed by atoms with van der Waals surface area (Å²) in [6.07, 6.45) is 0. The third-order valence-electron chi connectivity index (χ3n) is 3.03. The Morgan fingerprint density at radius 1 is 1.05 bits per heavy atom. The molecule has 0 aliphatic carbocycles. The fourth-order valence-electron chi connectivity index (χ4n) is 2.07. The molecule has 2 heterocycles. The van der Waals surface area contributed by atoms with E-state index < -0.39 is 11.8 Å². The average molecular weight is 350 g/mol. The van der Waals surface area contributed by atoms with Crippen LogP contribution in [0.5, 0.6) is 0 Å². The number of thiophene rings is 1. The van der Waals surface area contributed by atoms with Crippen LogP contribution in [-0.2, 0) is 0 Å². The number of benzene rings is 1. The van der Waals surface area contributed by atoms with Gasteiger partial charge in [-0.05, 0) is 40.2 Å². The van der Waals surface area contributed by atoms with E-state index >= 15 is 0 Å². The van der Waals surface area contributed by atoms with Gasteiger partial charge in [0.2, 0.25) is 0 Å². The van der Waals surface area contributed by atoms with E-state index in [2.05, 4.69) is 15.9 Å². The molecule has 4 nitrogen and oxygen atoms in total. The molecule has 1 aromatic carbocycles. The molecule has 0 unspecified atom stereocenters. The smallest absolute Gasteiger partial charge is 0.261 e. The molecule has 0 bridgehead atoms. The molecule has 0 saturated heterocycles. The minimum Gasteiger partial charge on any atom is -0.291 e. The number of nitrogens with zero attached hydrogens (tertiary/aromatic N) is 1. The second kappa shape index (κ2) is 4.96. The second-order valence-corrected chi connectivity index (χ2v) is 6.73. The number of imide groups is 1. The van der Waals surface area contributed by atoms with Crippen molar-refractivity contribution >= 4 is 44.9 Å². The first-order valence-corrected chi connectivity index (χ1v) is 7.42. The topological polar surface area (TPSA) is 54.5 Å². The Bertz CT molecular complexity index is 703. The molecule has 6 heteroatoms. The zero-order valence-corrected chi connectivity index (χ0v) is 12.5. The number of ketones is 1. The second-order valence-electron chi connectivity index (χ2n) is 4.27. The third kappa shape index (κ3) is 2.10. The van der Waals surface area contributed by atoms with Crippen LogP contribution in [0.4, 0.5) is 0 Å². The van der Waals surface area contributed by atoms with Crippen LogP contribution in [0.25, 0.3) is 0 Å². The lowest BCUT2D eigenvalue weighted by Gasteiger charge is -2.11. The lowest BCUT2D eigenvalue weighted by atomic mass is 10.1. The van der Waals surface area contributed by atoms with Crippen molar-refractivity contribution in [2.45, 2.75) is 0 Å². The normalized spacial score (nSPS) is 13.8. The molecule has 0 atom stereocenters. The summed E-state index contributed by atoms with van der Waals surface area (Å²) in [7, 11) is 0. The van der Waals surface area contributed by atoms with Crippen LogP contribution in [-0.4, -0.2) is 29.0 Å². The molecule has 100 valence electrons. The largest absolute Gasteiger partial charge is 0.291 e. The Hall–Kier alpha value is -1.79. The van der Waals surface area contributed by atoms with Gasteiger partial charge in [0.1, 0.15) is 0 Å². The minimum atomic E-state index is -0.408. The standard InChI is InChI=1S/C14H8BrNO3S/c15-12-6-5-11(20-12)10(17)7-16-13(18)8-3-1-2-4-9(8)14(16)19/h1-6H,7H2. The molecule has 0 radical (unpaired) electrons. The molecule has 0 saturated carbocycles. The molecule has 2 aromatic rings. The Balaban J connectivity index is 1.85. The molecule has 0 spiro atoms. The number of carbonyl (C=O) groups excluding carboxylic acids is 3. The van der Waals surface area contributed by atoms with Gasteiger partial charge < -0.3 is 0 Å². The summed E-state index contributed by atoms with van der Waals surface area (Å²) in [4.78, 5) is 37.9. The zero-order valence-electron chi connectivity index (χ0n) is 10.1. The van der Waals surface area contributed by atoms with Crippen LogP contribution in [0.15, 0.2) is 40.2 Å². The summed E-state index contributed by atoms with van der Waals surface area (Å²) in [5.74, 6) is -1.06. The highest BCUT2D eigenvalue weighted by Crippen LogP contribution is 2.25. The Morgan fingerprint density at radius 3 is 2.15 bits per heavy atom. The number of fused-ring (bicyclic) bond motifs is 1. The molecule has 20 heavy (non-hydrogen) atoms. The number of hydrogen-bond acceptors (Lipinski definition) is 4. The van der Waals surface area contributed by atoms with Gasteiger partial charge in [0.05, 0.1) is 26.3 Å². The highest BCUT2D eigenvalue weighted by atomic mass is 79.9. The van der Waals surface area contributed by atoms with Gasteiger partial charge in [0, 0.05) is 0 Å². The van der Waals surface area contributed by atoms with Crippen LogP contribution < -0.4 is 0 Å². The maximum Gasteiger partial charge on any atom is 0.261 e. The Kier molecular flexibility index (Phi) is 3.27. The maximum atomic E-state index is 12.1. The van der Waals surface area contributed by atoms with Crippen LogP contribution in [0.1, 0.15) is 30.4 Å². The van der Waals surface area contributed by atoms with Gasteiger partial charge in [-0.15, -0.1) is 11.3 Å². The highest BCUT2D eigenvalue weighted by molar-refractivity contribution is 9.11. The summed E-state index contributed by atoms with van der Waals surface area (Å²) >= 11 is 4.56. The van der Waals surface area contributed by atoms with Crippen LogP contribution in [0.3, 0.4) is 0 Å². The van der Waals surface area contributed by atoms with Crippen molar-refractivity contribution in [3.8, 4) is 0 Å². The van der Waals surface area contributed by atoms with Gasteiger partial charge in [-0.1, -0.05) is 12.1 Å². The molecular weight excluding hydrogens is 342 g/mol. The van der Waals surface area contributed by atoms with Gasteiger partial charge in [-0.3, -0.25) is 19.3 Å². The van der Waals surface area contributed by atoms with E-state index in [-0.39, 0.29) is 12.3 Å². The lowest BCUT2D eigenvalue weighted by Crippen LogP contribution is -2.34. The summed E-state index contributed by atoms with van der Waals surface area (Å²) in [5.41, 5.74) is 0.718. The molecular formula is C14H8BrNO3S. The van der Waals surface area contributed by atoms with Gasteiger partial charge >= 0.3 is 0 Å². The molecule has 0 N–H and O–H groups in total. The predicted octanol–water partition coefficient (Wildman–Crippen LogP) is 2.99. The number of rotatable bonds is 3. The predicted molar refractivity (Wildman–Crippen MR) is 78.2 cm³/mol. The molecule has 1 aliphatic rings. The van der Waals surface area contributed by atoms with Gasteiger partial charge in [0.25, 0.3) is 11.8 Å². The van der Waals surface area contributed by atoms with Gasteiger partial charge in [0.15, 0.2) is 5.78 Å². The summed E-state index contributed by atoms with van der Waals surface area (Å²) in [5, 5.41) is 0. The highest BCUT2D eigenvalue weighted by Gasteiger charge is 2.36. The molecule has 2 amide bonds. The Labute approximate surface area is 127 Å². The van der Waals surface area contributed by atoms with E-state index in [1.165, 1.54) is 11.3 Å². The maximum absolute atomic E-state index is 12.1. The van der Waals surface area contributed by atoms with E-state index in [1.807, 2.05) is 0 Å². The Morgan fingerprint density at radius 2 is 1.65 bits per heavy atom. The van der Waals surface area contributed by atoms with Crippen molar-refractivity contribution in [2.75, 3.05) is 6.54 Å². The third-order valence-corrected chi connectivity index (χ3v) is 4.69. The molecule has 3 rings (SSSR count). The zero-order chi connectivity index (χ0) is 14.3. The fraction of sp³-hybridized carbons (Fsp3) is 0.0714. The van der Waals surface area contributed by atoms with E-state index in [0.29, 0.717) is 16.0 Å². The number of amides is 2.